The third-order valence-corrected chi connectivity index (χ3v) is 7.35. The van der Waals surface area contributed by atoms with Crippen molar-refractivity contribution in [3.8, 4) is 5.75 Å². The molecule has 1 heterocycles. The predicted octanol–water partition coefficient (Wildman–Crippen LogP) is 2.51. The lowest BCUT2D eigenvalue weighted by atomic mass is 10.0. The molecule has 0 aliphatic carbocycles. The van der Waals surface area contributed by atoms with Crippen molar-refractivity contribution < 1.29 is 23.1 Å². The Labute approximate surface area is 199 Å². The summed E-state index contributed by atoms with van der Waals surface area (Å²) in [5.74, 6) is 0.379. The van der Waals surface area contributed by atoms with Gasteiger partial charge in [-0.25, -0.2) is 8.42 Å². The van der Waals surface area contributed by atoms with Crippen LogP contribution in [0, 0.1) is 5.92 Å². The Morgan fingerprint density at radius 3 is 2.58 bits per heavy atom. The number of likely N-dealkylation sites (N-methyl/N-ethyl adjacent to an activating group) is 1. The van der Waals surface area contributed by atoms with Crippen molar-refractivity contribution in [2.45, 2.75) is 37.3 Å². The molecule has 1 amide bonds. The molecule has 0 radical (unpaired) electrons. The molecule has 3 rings (SSSR count). The number of amides is 1. The highest BCUT2D eigenvalue weighted by atomic mass is 35.5. The Balaban J connectivity index is 1.95. The molecule has 1 aliphatic heterocycles. The number of ether oxygens (including phenoxy) is 1. The van der Waals surface area contributed by atoms with Crippen LogP contribution in [0.25, 0.3) is 0 Å². The minimum Gasteiger partial charge on any atom is -0.488 e. The van der Waals surface area contributed by atoms with Crippen molar-refractivity contribution in [3.63, 3.8) is 0 Å². The van der Waals surface area contributed by atoms with Gasteiger partial charge in [-0.3, -0.25) is 9.52 Å². The highest BCUT2D eigenvalue weighted by Gasteiger charge is 2.30. The van der Waals surface area contributed by atoms with E-state index < -0.39 is 10.0 Å². The van der Waals surface area contributed by atoms with E-state index in [-0.39, 0.29) is 41.9 Å². The maximum Gasteiger partial charge on any atom is 0.261 e. The number of aliphatic hydroxyl groups excluding tert-OH is 1. The molecule has 0 saturated heterocycles. The van der Waals surface area contributed by atoms with Gasteiger partial charge in [0.1, 0.15) is 11.9 Å². The molecule has 8 nitrogen and oxygen atoms in total. The van der Waals surface area contributed by atoms with Crippen molar-refractivity contribution in [1.29, 1.82) is 0 Å². The van der Waals surface area contributed by atoms with E-state index in [1.165, 1.54) is 24.3 Å². The van der Waals surface area contributed by atoms with Crippen LogP contribution in [0.2, 0.25) is 5.02 Å². The molecular formula is C23H30ClN3O5S. The number of nitrogens with zero attached hydrogens (tertiary/aromatic N) is 1. The van der Waals surface area contributed by atoms with Crippen molar-refractivity contribution in [1.82, 2.24) is 10.2 Å². The number of halogens is 1. The maximum absolute atomic E-state index is 13.1. The second-order valence-corrected chi connectivity index (χ2v) is 10.4. The van der Waals surface area contributed by atoms with Gasteiger partial charge in [0.2, 0.25) is 5.91 Å². The molecule has 180 valence electrons. The second-order valence-electron chi connectivity index (χ2n) is 8.33. The van der Waals surface area contributed by atoms with Gasteiger partial charge in [0.05, 0.1) is 24.0 Å². The van der Waals surface area contributed by atoms with Crippen molar-refractivity contribution in [2.75, 3.05) is 31.5 Å². The van der Waals surface area contributed by atoms with Gasteiger partial charge in [-0.05, 0) is 56.4 Å². The van der Waals surface area contributed by atoms with Gasteiger partial charge < -0.3 is 20.1 Å². The molecule has 33 heavy (non-hydrogen) atoms. The third-order valence-electron chi connectivity index (χ3n) is 5.70. The first-order valence-corrected chi connectivity index (χ1v) is 12.6. The first-order valence-electron chi connectivity index (χ1n) is 10.8. The average molecular weight is 496 g/mol. The van der Waals surface area contributed by atoms with Crippen LogP contribution in [0.5, 0.6) is 5.75 Å². The van der Waals surface area contributed by atoms with E-state index in [0.717, 1.165) is 0 Å². The molecule has 0 fully saturated rings. The van der Waals surface area contributed by atoms with E-state index >= 15 is 0 Å². The molecule has 10 heteroatoms. The van der Waals surface area contributed by atoms with Crippen LogP contribution in [0.1, 0.15) is 19.4 Å². The van der Waals surface area contributed by atoms with Crippen molar-refractivity contribution >= 4 is 33.2 Å². The zero-order valence-corrected chi connectivity index (χ0v) is 20.5. The Morgan fingerprint density at radius 2 is 1.94 bits per heavy atom. The zero-order valence-electron chi connectivity index (χ0n) is 18.9. The Kier molecular flexibility index (Phi) is 8.23. The van der Waals surface area contributed by atoms with Gasteiger partial charge in [0.15, 0.2) is 0 Å². The largest absolute Gasteiger partial charge is 0.488 e. The molecule has 1 aliphatic rings. The maximum atomic E-state index is 13.1. The lowest BCUT2D eigenvalue weighted by molar-refractivity contribution is -0.134. The lowest BCUT2D eigenvalue weighted by Crippen LogP contribution is -2.47. The fourth-order valence-electron chi connectivity index (χ4n) is 3.77. The van der Waals surface area contributed by atoms with E-state index in [2.05, 4.69) is 10.0 Å². The summed E-state index contributed by atoms with van der Waals surface area (Å²) in [7, 11) is -2.01. The molecule has 2 aromatic rings. The van der Waals surface area contributed by atoms with Crippen LogP contribution in [0.15, 0.2) is 47.4 Å². The molecular weight excluding hydrogens is 466 g/mol. The van der Waals surface area contributed by atoms with Gasteiger partial charge in [-0.2, -0.15) is 0 Å². The smallest absolute Gasteiger partial charge is 0.261 e. The van der Waals surface area contributed by atoms with E-state index in [9.17, 15) is 18.3 Å². The van der Waals surface area contributed by atoms with E-state index in [1.807, 2.05) is 14.0 Å². The van der Waals surface area contributed by atoms with Crippen molar-refractivity contribution in [2.24, 2.45) is 5.92 Å². The first-order chi connectivity index (χ1) is 15.6. The Hall–Kier alpha value is -2.33. The molecule has 0 bridgehead atoms. The number of carbonyl (C=O) groups is 1. The summed E-state index contributed by atoms with van der Waals surface area (Å²) < 4.78 is 34.4. The summed E-state index contributed by atoms with van der Waals surface area (Å²) in [5, 5.41) is 13.2. The number of hydrogen-bond donors (Lipinski definition) is 3. The number of benzene rings is 2. The van der Waals surface area contributed by atoms with Gasteiger partial charge in [0.25, 0.3) is 10.0 Å². The fourth-order valence-corrected chi connectivity index (χ4v) is 4.94. The SMILES string of the molecule is CNC[C@@H]1Oc2ccc(NS(=O)(=O)c3ccc(Cl)cc3)cc2CC(=O)N([C@H](C)CO)C[C@@H]1C. The number of rotatable bonds is 7. The quantitative estimate of drug-likeness (QED) is 0.544. The second kappa shape index (κ2) is 10.7. The van der Waals surface area contributed by atoms with Crippen LogP contribution in [0.4, 0.5) is 5.69 Å². The zero-order chi connectivity index (χ0) is 24.2. The summed E-state index contributed by atoms with van der Waals surface area (Å²) in [4.78, 5) is 14.9. The normalized spacial score (nSPS) is 20.2. The van der Waals surface area contributed by atoms with Crippen LogP contribution >= 0.6 is 11.6 Å². The van der Waals surface area contributed by atoms with Gasteiger partial charge in [-0.1, -0.05) is 18.5 Å². The Morgan fingerprint density at radius 1 is 1.24 bits per heavy atom. The molecule has 0 spiro atoms. The van der Waals surface area contributed by atoms with Crippen LogP contribution in [0.3, 0.4) is 0 Å². The van der Waals surface area contributed by atoms with E-state index in [0.29, 0.717) is 35.1 Å². The summed E-state index contributed by atoms with van der Waals surface area (Å²) in [6, 6.07) is 10.4. The van der Waals surface area contributed by atoms with Gasteiger partial charge in [0, 0.05) is 35.3 Å². The van der Waals surface area contributed by atoms with Gasteiger partial charge >= 0.3 is 0 Å². The number of sulfonamides is 1. The molecule has 2 aromatic carbocycles. The lowest BCUT2D eigenvalue weighted by Gasteiger charge is -2.32. The Bertz CT molecular complexity index is 1080. The monoisotopic (exact) mass is 495 g/mol. The summed E-state index contributed by atoms with van der Waals surface area (Å²) in [5.41, 5.74) is 0.890. The summed E-state index contributed by atoms with van der Waals surface area (Å²) >= 11 is 5.86. The molecule has 3 N–H and O–H groups in total. The predicted molar refractivity (Wildman–Crippen MR) is 128 cm³/mol. The highest BCUT2D eigenvalue weighted by molar-refractivity contribution is 7.92. The molecule has 0 aromatic heterocycles. The fraction of sp³-hybridized carbons (Fsp3) is 0.435. The number of carbonyl (C=O) groups excluding carboxylic acids is 1. The average Bonchev–Trinajstić information content (AvgIpc) is 2.81. The first kappa shape index (κ1) is 25.3. The van der Waals surface area contributed by atoms with Crippen LogP contribution in [-0.4, -0.2) is 63.2 Å². The van der Waals surface area contributed by atoms with Crippen molar-refractivity contribution in [3.05, 3.63) is 53.1 Å². The number of anilines is 1. The number of hydrogen-bond acceptors (Lipinski definition) is 6. The number of nitrogens with one attached hydrogen (secondary N) is 2. The topological polar surface area (TPSA) is 108 Å². The van der Waals surface area contributed by atoms with Gasteiger partial charge in [-0.15, -0.1) is 0 Å². The highest BCUT2D eigenvalue weighted by Crippen LogP contribution is 2.30. The standard InChI is InChI=1S/C23H30ClN3O5S/c1-15-13-27(16(2)14-28)23(29)11-17-10-19(6-9-21(17)32-22(15)12-25-3)26-33(30,31)20-7-4-18(24)5-8-20/h4-10,15-16,22,25-26,28H,11-14H2,1-3H3/t15-,16+,22-/m0/s1. The molecule has 0 saturated carbocycles. The summed E-state index contributed by atoms with van der Waals surface area (Å²) in [6.45, 7) is 4.67. The van der Waals surface area contributed by atoms with E-state index in [1.54, 1.807) is 30.0 Å². The molecule has 0 unspecified atom stereocenters. The van der Waals surface area contributed by atoms with Crippen LogP contribution in [-0.2, 0) is 21.2 Å². The number of aliphatic hydroxyl groups is 1. The third kappa shape index (κ3) is 6.17. The minimum absolute atomic E-state index is 0.00411. The molecule has 3 atom stereocenters. The summed E-state index contributed by atoms with van der Waals surface area (Å²) in [6.07, 6.45) is -0.195. The minimum atomic E-state index is -3.84. The number of fused-ring (bicyclic) bond motifs is 1. The van der Waals surface area contributed by atoms with Crippen LogP contribution < -0.4 is 14.8 Å². The van der Waals surface area contributed by atoms with E-state index in [4.69, 9.17) is 16.3 Å².